The molecule has 0 heterocycles. The number of nitrogens with one attached hydrogen (secondary N) is 1. The Morgan fingerprint density at radius 2 is 1.94 bits per heavy atom. The summed E-state index contributed by atoms with van der Waals surface area (Å²) in [5.41, 5.74) is 0. The van der Waals surface area contributed by atoms with Gasteiger partial charge in [-0.15, -0.1) is 0 Å². The Morgan fingerprint density at radius 3 is 2.56 bits per heavy atom. The van der Waals surface area contributed by atoms with Gasteiger partial charge in [0.2, 0.25) is 0 Å². The van der Waals surface area contributed by atoms with Crippen LogP contribution < -0.4 is 5.32 Å². The molecule has 0 amide bonds. The summed E-state index contributed by atoms with van der Waals surface area (Å²) in [6, 6.07) is 0.118. The van der Waals surface area contributed by atoms with Gasteiger partial charge in [-0.1, -0.05) is 6.42 Å². The summed E-state index contributed by atoms with van der Waals surface area (Å²) in [4.78, 5) is 0. The lowest BCUT2D eigenvalue weighted by atomic mass is 9.96. The van der Waals surface area contributed by atoms with Crippen LogP contribution in [0.5, 0.6) is 0 Å². The van der Waals surface area contributed by atoms with Crippen molar-refractivity contribution in [2.75, 3.05) is 13.2 Å². The Morgan fingerprint density at radius 1 is 1.28 bits per heavy atom. The quantitative estimate of drug-likeness (QED) is 0.743. The van der Waals surface area contributed by atoms with Gasteiger partial charge in [0.15, 0.2) is 0 Å². The van der Waals surface area contributed by atoms with Gasteiger partial charge in [-0.3, -0.25) is 0 Å². The molecule has 0 aliphatic heterocycles. The van der Waals surface area contributed by atoms with E-state index in [-0.39, 0.29) is 19.1 Å². The van der Waals surface area contributed by atoms with Gasteiger partial charge in [-0.2, -0.15) is 13.2 Å². The zero-order valence-corrected chi connectivity index (χ0v) is 11.0. The molecule has 1 rings (SSSR count). The summed E-state index contributed by atoms with van der Waals surface area (Å²) in [6.07, 6.45) is -0.643. The molecular formula is C13H24F3NO. The predicted molar refractivity (Wildman–Crippen MR) is 65.3 cm³/mol. The van der Waals surface area contributed by atoms with E-state index in [1.54, 1.807) is 0 Å². The number of rotatable bonds is 7. The Balaban J connectivity index is 2.11. The molecule has 0 aromatic carbocycles. The van der Waals surface area contributed by atoms with Crippen LogP contribution in [0.25, 0.3) is 0 Å². The molecule has 0 radical (unpaired) electrons. The molecule has 5 heteroatoms. The van der Waals surface area contributed by atoms with Crippen LogP contribution >= 0.6 is 0 Å². The number of aliphatic hydroxyl groups is 1. The number of halogens is 3. The average Bonchev–Trinajstić information content (AvgIpc) is 2.71. The smallest absolute Gasteiger partial charge is 0.389 e. The second-order valence-electron chi connectivity index (χ2n) is 5.45. The van der Waals surface area contributed by atoms with Crippen molar-refractivity contribution in [1.82, 2.24) is 5.32 Å². The number of alkyl halides is 3. The van der Waals surface area contributed by atoms with Crippen molar-refractivity contribution in [1.29, 1.82) is 0 Å². The van der Waals surface area contributed by atoms with Gasteiger partial charge in [-0.05, 0) is 51.0 Å². The Hall–Kier alpha value is -0.290. The van der Waals surface area contributed by atoms with Crippen LogP contribution in [0.15, 0.2) is 0 Å². The third-order valence-corrected chi connectivity index (χ3v) is 3.88. The van der Waals surface area contributed by atoms with Crippen LogP contribution in [0.3, 0.4) is 0 Å². The summed E-state index contributed by atoms with van der Waals surface area (Å²) in [5.74, 6) is 0.861. The highest BCUT2D eigenvalue weighted by Crippen LogP contribution is 2.30. The highest BCUT2D eigenvalue weighted by Gasteiger charge is 2.28. The van der Waals surface area contributed by atoms with Crippen molar-refractivity contribution in [3.05, 3.63) is 0 Å². The molecule has 1 aliphatic carbocycles. The van der Waals surface area contributed by atoms with Crippen molar-refractivity contribution in [3.8, 4) is 0 Å². The normalized spacial score (nSPS) is 26.5. The van der Waals surface area contributed by atoms with Crippen molar-refractivity contribution < 1.29 is 18.3 Å². The molecule has 0 saturated heterocycles. The number of hydrogen-bond acceptors (Lipinski definition) is 2. The van der Waals surface area contributed by atoms with E-state index in [2.05, 4.69) is 5.32 Å². The summed E-state index contributed by atoms with van der Waals surface area (Å²) >= 11 is 0. The number of hydrogen-bond donors (Lipinski definition) is 2. The molecule has 18 heavy (non-hydrogen) atoms. The van der Waals surface area contributed by atoms with Crippen LogP contribution in [-0.4, -0.2) is 30.5 Å². The molecule has 3 atom stereocenters. The zero-order valence-electron chi connectivity index (χ0n) is 11.0. The van der Waals surface area contributed by atoms with E-state index < -0.39 is 12.6 Å². The Bertz CT molecular complexity index is 233. The van der Waals surface area contributed by atoms with Crippen LogP contribution in [-0.2, 0) is 0 Å². The molecular weight excluding hydrogens is 243 g/mol. The maximum atomic E-state index is 12.0. The lowest BCUT2D eigenvalue weighted by molar-refractivity contribution is -0.135. The van der Waals surface area contributed by atoms with Crippen molar-refractivity contribution in [3.63, 3.8) is 0 Å². The second-order valence-corrected chi connectivity index (χ2v) is 5.45. The third kappa shape index (κ3) is 6.05. The molecule has 0 aromatic heterocycles. The lowest BCUT2D eigenvalue weighted by Crippen LogP contribution is -2.33. The summed E-state index contributed by atoms with van der Waals surface area (Å²) in [5, 5.41) is 12.5. The van der Waals surface area contributed by atoms with Crippen molar-refractivity contribution >= 4 is 0 Å². The van der Waals surface area contributed by atoms with Crippen molar-refractivity contribution in [2.24, 2.45) is 11.8 Å². The first-order valence-electron chi connectivity index (χ1n) is 6.83. The van der Waals surface area contributed by atoms with E-state index in [9.17, 15) is 18.3 Å². The maximum absolute atomic E-state index is 12.0. The molecule has 2 nitrogen and oxygen atoms in total. The topological polar surface area (TPSA) is 32.3 Å². The van der Waals surface area contributed by atoms with Gasteiger partial charge in [0.05, 0.1) is 0 Å². The summed E-state index contributed by atoms with van der Waals surface area (Å²) in [6.45, 7) is 2.98. The zero-order chi connectivity index (χ0) is 13.6. The van der Waals surface area contributed by atoms with Crippen LogP contribution in [0.2, 0.25) is 0 Å². The predicted octanol–water partition coefficient (Wildman–Crippen LogP) is 3.11. The first-order valence-corrected chi connectivity index (χ1v) is 6.83. The average molecular weight is 267 g/mol. The van der Waals surface area contributed by atoms with E-state index in [1.165, 1.54) is 0 Å². The third-order valence-electron chi connectivity index (χ3n) is 3.88. The fourth-order valence-corrected chi connectivity index (χ4v) is 2.69. The Labute approximate surface area is 107 Å². The van der Waals surface area contributed by atoms with Gasteiger partial charge in [0.25, 0.3) is 0 Å². The Kier molecular flexibility index (Phi) is 6.43. The SMILES string of the molecule is CC(CCCC(F)(F)F)NCC1CCCC1CO. The largest absolute Gasteiger partial charge is 0.396 e. The maximum Gasteiger partial charge on any atom is 0.389 e. The molecule has 0 aromatic rings. The van der Waals surface area contributed by atoms with E-state index in [0.717, 1.165) is 25.8 Å². The minimum Gasteiger partial charge on any atom is -0.396 e. The molecule has 108 valence electrons. The molecule has 0 bridgehead atoms. The fourth-order valence-electron chi connectivity index (χ4n) is 2.69. The van der Waals surface area contributed by atoms with Gasteiger partial charge < -0.3 is 10.4 Å². The fraction of sp³-hybridized carbons (Fsp3) is 1.00. The van der Waals surface area contributed by atoms with Crippen LogP contribution in [0.4, 0.5) is 13.2 Å². The van der Waals surface area contributed by atoms with Gasteiger partial charge in [-0.25, -0.2) is 0 Å². The lowest BCUT2D eigenvalue weighted by Gasteiger charge is -2.21. The standard InChI is InChI=1S/C13H24F3NO/c1-10(4-3-7-13(14,15)16)17-8-11-5-2-6-12(11)9-18/h10-12,17-18H,2-9H2,1H3. The van der Waals surface area contributed by atoms with E-state index in [0.29, 0.717) is 18.3 Å². The second kappa shape index (κ2) is 7.34. The van der Waals surface area contributed by atoms with Gasteiger partial charge in [0, 0.05) is 19.1 Å². The summed E-state index contributed by atoms with van der Waals surface area (Å²) < 4.78 is 36.0. The molecule has 3 unspecified atom stereocenters. The van der Waals surface area contributed by atoms with Gasteiger partial charge >= 0.3 is 6.18 Å². The molecule has 1 fully saturated rings. The van der Waals surface area contributed by atoms with Crippen LogP contribution in [0, 0.1) is 11.8 Å². The monoisotopic (exact) mass is 267 g/mol. The first kappa shape index (κ1) is 15.8. The molecule has 1 saturated carbocycles. The minimum absolute atomic E-state index is 0.118. The molecule has 2 N–H and O–H groups in total. The number of aliphatic hydroxyl groups excluding tert-OH is 1. The van der Waals surface area contributed by atoms with Crippen LogP contribution in [0.1, 0.15) is 45.4 Å². The summed E-state index contributed by atoms with van der Waals surface area (Å²) in [7, 11) is 0. The minimum atomic E-state index is -4.03. The molecule has 1 aliphatic rings. The van der Waals surface area contributed by atoms with Gasteiger partial charge in [0.1, 0.15) is 0 Å². The highest BCUT2D eigenvalue weighted by atomic mass is 19.4. The first-order chi connectivity index (χ1) is 8.42. The highest BCUT2D eigenvalue weighted by molar-refractivity contribution is 4.79. The molecule has 0 spiro atoms. The van der Waals surface area contributed by atoms with E-state index in [1.807, 2.05) is 6.92 Å². The van der Waals surface area contributed by atoms with E-state index in [4.69, 9.17) is 0 Å². The van der Waals surface area contributed by atoms with Crippen molar-refractivity contribution in [2.45, 2.75) is 57.7 Å². The van der Waals surface area contributed by atoms with E-state index >= 15 is 0 Å².